The summed E-state index contributed by atoms with van der Waals surface area (Å²) in [5, 5.41) is 11.0. The Morgan fingerprint density at radius 1 is 1.58 bits per heavy atom. The predicted octanol–water partition coefficient (Wildman–Crippen LogP) is 1.88. The highest BCUT2D eigenvalue weighted by Gasteiger charge is 2.35. The molecule has 1 fully saturated rings. The Kier molecular flexibility index (Phi) is 3.64. The van der Waals surface area contributed by atoms with Crippen LogP contribution < -0.4 is 4.90 Å². The average molecular weight is 268 g/mol. The molecule has 1 atom stereocenters. The molecule has 1 aliphatic heterocycles. The van der Waals surface area contributed by atoms with Gasteiger partial charge in [-0.3, -0.25) is 10.1 Å². The van der Waals surface area contributed by atoms with Crippen molar-refractivity contribution >= 4 is 17.3 Å². The summed E-state index contributed by atoms with van der Waals surface area (Å²) in [4.78, 5) is 23.6. The minimum atomic E-state index is -0.592. The number of anilines is 1. The van der Waals surface area contributed by atoms with E-state index in [2.05, 4.69) is 4.74 Å². The molecule has 102 valence electrons. The van der Waals surface area contributed by atoms with Crippen molar-refractivity contribution in [3.63, 3.8) is 0 Å². The molecule has 1 heterocycles. The van der Waals surface area contributed by atoms with Crippen molar-refractivity contribution in [3.8, 4) is 0 Å². The Morgan fingerprint density at radius 2 is 2.32 bits per heavy atom. The maximum atomic E-state index is 13.3. The van der Waals surface area contributed by atoms with Crippen LogP contribution in [0.3, 0.4) is 0 Å². The van der Waals surface area contributed by atoms with Gasteiger partial charge in [-0.2, -0.15) is 0 Å². The average Bonchev–Trinajstić information content (AvgIpc) is 2.86. The lowest BCUT2D eigenvalue weighted by atomic mass is 10.2. The lowest BCUT2D eigenvalue weighted by Gasteiger charge is -2.24. The third-order valence-corrected chi connectivity index (χ3v) is 3.17. The van der Waals surface area contributed by atoms with Crippen LogP contribution in [-0.2, 0) is 9.53 Å². The Bertz CT molecular complexity index is 520. The lowest BCUT2D eigenvalue weighted by Crippen LogP contribution is -2.37. The van der Waals surface area contributed by atoms with E-state index in [1.807, 2.05) is 0 Å². The summed E-state index contributed by atoms with van der Waals surface area (Å²) in [6, 6.07) is 2.63. The summed E-state index contributed by atoms with van der Waals surface area (Å²) in [5.41, 5.74) is -0.0879. The molecule has 1 unspecified atom stereocenters. The van der Waals surface area contributed by atoms with Gasteiger partial charge in [-0.25, -0.2) is 9.18 Å². The molecule has 0 spiro atoms. The molecular formula is C12H13FN2O4. The van der Waals surface area contributed by atoms with E-state index in [0.717, 1.165) is 18.2 Å². The van der Waals surface area contributed by atoms with Crippen LogP contribution in [0.2, 0.25) is 0 Å². The Labute approximate surface area is 108 Å². The van der Waals surface area contributed by atoms with Gasteiger partial charge < -0.3 is 9.64 Å². The van der Waals surface area contributed by atoms with Gasteiger partial charge in [-0.15, -0.1) is 0 Å². The third-order valence-electron chi connectivity index (χ3n) is 3.17. The monoisotopic (exact) mass is 268 g/mol. The largest absolute Gasteiger partial charge is 0.467 e. The van der Waals surface area contributed by atoms with Crippen molar-refractivity contribution in [3.05, 3.63) is 34.1 Å². The number of halogens is 1. The molecule has 1 saturated heterocycles. The number of nitrogens with zero attached hydrogens (tertiary/aromatic N) is 2. The van der Waals surface area contributed by atoms with Gasteiger partial charge in [0.1, 0.15) is 17.5 Å². The van der Waals surface area contributed by atoms with Crippen molar-refractivity contribution in [1.82, 2.24) is 0 Å². The third kappa shape index (κ3) is 2.49. The maximum absolute atomic E-state index is 13.3. The minimum absolute atomic E-state index is 0.123. The summed E-state index contributed by atoms with van der Waals surface area (Å²) in [5.74, 6) is -1.04. The molecule has 0 saturated carbocycles. The number of benzene rings is 1. The molecule has 1 aliphatic rings. The second kappa shape index (κ2) is 5.21. The zero-order valence-electron chi connectivity index (χ0n) is 10.3. The van der Waals surface area contributed by atoms with Gasteiger partial charge in [0, 0.05) is 18.7 Å². The molecule has 0 bridgehead atoms. The van der Waals surface area contributed by atoms with Gasteiger partial charge >= 0.3 is 5.97 Å². The zero-order chi connectivity index (χ0) is 14.0. The predicted molar refractivity (Wildman–Crippen MR) is 65.4 cm³/mol. The first-order chi connectivity index (χ1) is 9.04. The highest BCUT2D eigenvalue weighted by Crippen LogP contribution is 2.34. The molecule has 6 nitrogen and oxygen atoms in total. The molecule has 7 heteroatoms. The smallest absolute Gasteiger partial charge is 0.328 e. The summed E-state index contributed by atoms with van der Waals surface area (Å²) in [6.45, 7) is 0.462. The number of nitro groups is 1. The highest BCUT2D eigenvalue weighted by atomic mass is 19.1. The SMILES string of the molecule is COC(=O)C1CCCN1c1cc(F)ccc1[N+](=O)[O-]. The van der Waals surface area contributed by atoms with Crippen LogP contribution in [0.5, 0.6) is 0 Å². The molecule has 1 aromatic rings. The fourth-order valence-electron chi connectivity index (χ4n) is 2.32. The van der Waals surface area contributed by atoms with Gasteiger partial charge in [0.05, 0.1) is 12.0 Å². The van der Waals surface area contributed by atoms with Gasteiger partial charge in [-0.1, -0.05) is 0 Å². The van der Waals surface area contributed by atoms with Gasteiger partial charge in [0.15, 0.2) is 0 Å². The first-order valence-electron chi connectivity index (χ1n) is 5.83. The summed E-state index contributed by atoms with van der Waals surface area (Å²) in [6.07, 6.45) is 1.24. The van der Waals surface area contributed by atoms with Crippen LogP contribution in [0.1, 0.15) is 12.8 Å². The van der Waals surface area contributed by atoms with Crippen LogP contribution in [-0.4, -0.2) is 30.6 Å². The molecule has 0 amide bonds. The number of ether oxygens (including phenoxy) is 1. The van der Waals surface area contributed by atoms with Gasteiger partial charge in [0.25, 0.3) is 5.69 Å². The van der Waals surface area contributed by atoms with Crippen LogP contribution >= 0.6 is 0 Å². The van der Waals surface area contributed by atoms with E-state index in [1.54, 1.807) is 0 Å². The summed E-state index contributed by atoms with van der Waals surface area (Å²) >= 11 is 0. The Balaban J connectivity index is 2.42. The van der Waals surface area contributed by atoms with E-state index in [-0.39, 0.29) is 11.4 Å². The number of carbonyl (C=O) groups is 1. The van der Waals surface area contributed by atoms with E-state index >= 15 is 0 Å². The van der Waals surface area contributed by atoms with Crippen LogP contribution in [0.4, 0.5) is 15.8 Å². The standard InChI is InChI=1S/C12H13FN2O4/c1-19-12(16)10-3-2-6-14(10)11-7-8(13)4-5-9(11)15(17)18/h4-5,7,10H,2-3,6H2,1H3. The van der Waals surface area contributed by atoms with Crippen LogP contribution in [0.15, 0.2) is 18.2 Å². The molecule has 0 aliphatic carbocycles. The molecule has 0 N–H and O–H groups in total. The number of methoxy groups -OCH3 is 1. The van der Waals surface area contributed by atoms with Crippen molar-refractivity contribution in [2.75, 3.05) is 18.6 Å². The minimum Gasteiger partial charge on any atom is -0.467 e. The quantitative estimate of drug-likeness (QED) is 0.475. The normalized spacial score (nSPS) is 18.4. The van der Waals surface area contributed by atoms with Crippen LogP contribution in [0, 0.1) is 15.9 Å². The Hall–Kier alpha value is -2.18. The number of nitro benzene ring substituents is 1. The first-order valence-corrected chi connectivity index (χ1v) is 5.83. The number of rotatable bonds is 3. The molecule has 2 rings (SSSR count). The van der Waals surface area contributed by atoms with Crippen molar-refractivity contribution in [1.29, 1.82) is 0 Å². The number of carbonyl (C=O) groups excluding carboxylic acids is 1. The number of hydrogen-bond acceptors (Lipinski definition) is 5. The van der Waals surface area contributed by atoms with E-state index < -0.39 is 22.8 Å². The van der Waals surface area contributed by atoms with E-state index in [1.165, 1.54) is 12.0 Å². The zero-order valence-corrected chi connectivity index (χ0v) is 10.3. The highest BCUT2D eigenvalue weighted by molar-refractivity contribution is 5.82. The molecule has 0 radical (unpaired) electrons. The van der Waals surface area contributed by atoms with E-state index in [4.69, 9.17) is 0 Å². The summed E-state index contributed by atoms with van der Waals surface area (Å²) in [7, 11) is 1.26. The fraction of sp³-hybridized carbons (Fsp3) is 0.417. The maximum Gasteiger partial charge on any atom is 0.328 e. The van der Waals surface area contributed by atoms with E-state index in [0.29, 0.717) is 19.4 Å². The Morgan fingerprint density at radius 3 is 2.95 bits per heavy atom. The second-order valence-corrected chi connectivity index (χ2v) is 4.26. The summed E-state index contributed by atoms with van der Waals surface area (Å²) < 4.78 is 18.0. The van der Waals surface area contributed by atoms with Gasteiger partial charge in [-0.05, 0) is 18.9 Å². The molecule has 19 heavy (non-hydrogen) atoms. The van der Waals surface area contributed by atoms with E-state index in [9.17, 15) is 19.3 Å². The fourth-order valence-corrected chi connectivity index (χ4v) is 2.32. The van der Waals surface area contributed by atoms with Crippen LogP contribution in [0.25, 0.3) is 0 Å². The second-order valence-electron chi connectivity index (χ2n) is 4.26. The number of hydrogen-bond donors (Lipinski definition) is 0. The van der Waals surface area contributed by atoms with Crippen molar-refractivity contribution in [2.24, 2.45) is 0 Å². The van der Waals surface area contributed by atoms with Crippen molar-refractivity contribution in [2.45, 2.75) is 18.9 Å². The molecular weight excluding hydrogens is 255 g/mol. The first kappa shape index (κ1) is 13.3. The topological polar surface area (TPSA) is 72.7 Å². The van der Waals surface area contributed by atoms with Crippen molar-refractivity contribution < 1.29 is 18.8 Å². The molecule has 1 aromatic carbocycles. The number of esters is 1. The van der Waals surface area contributed by atoms with Gasteiger partial charge in [0.2, 0.25) is 0 Å². The lowest BCUT2D eigenvalue weighted by molar-refractivity contribution is -0.384. The molecule has 0 aromatic heterocycles.